The van der Waals surface area contributed by atoms with E-state index < -0.39 is 15.6 Å². The van der Waals surface area contributed by atoms with E-state index in [1.54, 1.807) is 13.8 Å². The summed E-state index contributed by atoms with van der Waals surface area (Å²) in [5.41, 5.74) is -0.621. The molecular formula is C13H17ClN2O3S. The fourth-order valence-corrected chi connectivity index (χ4v) is 3.86. The Bertz CT molecular complexity index is 611. The Morgan fingerprint density at radius 2 is 2.00 bits per heavy atom. The molecule has 0 aliphatic carbocycles. The van der Waals surface area contributed by atoms with Gasteiger partial charge in [0.05, 0.1) is 28.8 Å². The van der Waals surface area contributed by atoms with Gasteiger partial charge in [-0.15, -0.1) is 0 Å². The minimum atomic E-state index is -3.86. The summed E-state index contributed by atoms with van der Waals surface area (Å²) in [6, 6.07) is 5.87. The third-order valence-electron chi connectivity index (χ3n) is 3.36. The number of benzene rings is 1. The van der Waals surface area contributed by atoms with Crippen LogP contribution in [0.1, 0.15) is 32.3 Å². The Kier molecular flexibility index (Phi) is 5.54. The average molecular weight is 317 g/mol. The first-order chi connectivity index (χ1) is 9.34. The van der Waals surface area contributed by atoms with Crippen LogP contribution in [0.25, 0.3) is 0 Å². The predicted molar refractivity (Wildman–Crippen MR) is 76.9 cm³/mol. The number of aliphatic hydroxyl groups excluding tert-OH is 1. The van der Waals surface area contributed by atoms with Crippen molar-refractivity contribution >= 4 is 21.6 Å². The van der Waals surface area contributed by atoms with Gasteiger partial charge < -0.3 is 5.11 Å². The molecule has 5 nitrogen and oxygen atoms in total. The molecule has 0 amide bonds. The number of halogens is 1. The highest BCUT2D eigenvalue weighted by Gasteiger charge is 2.32. The second kappa shape index (κ2) is 6.55. The van der Waals surface area contributed by atoms with Gasteiger partial charge in [-0.25, -0.2) is 13.1 Å². The molecule has 1 rings (SSSR count). The monoisotopic (exact) mass is 316 g/mol. The smallest absolute Gasteiger partial charge is 0.242 e. The molecule has 0 atom stereocenters. The van der Waals surface area contributed by atoms with Crippen LogP contribution < -0.4 is 4.72 Å². The normalized spacial score (nSPS) is 12.2. The molecular weight excluding hydrogens is 300 g/mol. The standard InChI is InChI=1S/C13H17ClN2O3S/c1-3-13(4-2,9-17)16-20(18,19)12-6-5-10(8-15)7-11(12)14/h5-7,16-17H,3-4,9H2,1-2H3. The van der Waals surface area contributed by atoms with Crippen molar-refractivity contribution < 1.29 is 13.5 Å². The zero-order valence-corrected chi connectivity index (χ0v) is 12.9. The maximum absolute atomic E-state index is 12.4. The summed E-state index contributed by atoms with van der Waals surface area (Å²) in [7, 11) is -3.86. The summed E-state index contributed by atoms with van der Waals surface area (Å²) in [5, 5.41) is 18.2. The van der Waals surface area contributed by atoms with E-state index in [9.17, 15) is 13.5 Å². The third kappa shape index (κ3) is 3.49. The van der Waals surface area contributed by atoms with Gasteiger partial charge in [-0.3, -0.25) is 0 Å². The molecule has 0 saturated heterocycles. The first kappa shape index (κ1) is 16.9. The fraction of sp³-hybridized carbons (Fsp3) is 0.462. The molecule has 0 aliphatic rings. The van der Waals surface area contributed by atoms with E-state index in [0.717, 1.165) is 0 Å². The zero-order valence-electron chi connectivity index (χ0n) is 11.4. The Hall–Kier alpha value is -1.13. The highest BCUT2D eigenvalue weighted by molar-refractivity contribution is 7.89. The van der Waals surface area contributed by atoms with Crippen molar-refractivity contribution in [2.45, 2.75) is 37.1 Å². The number of rotatable bonds is 6. The lowest BCUT2D eigenvalue weighted by Crippen LogP contribution is -2.50. The summed E-state index contributed by atoms with van der Waals surface area (Å²) in [5.74, 6) is 0. The van der Waals surface area contributed by atoms with Gasteiger partial charge in [0.15, 0.2) is 0 Å². The molecule has 0 bridgehead atoms. The molecule has 2 N–H and O–H groups in total. The molecule has 0 fully saturated rings. The Balaban J connectivity index is 3.21. The van der Waals surface area contributed by atoms with Gasteiger partial charge in [0.25, 0.3) is 0 Å². The summed E-state index contributed by atoms with van der Waals surface area (Å²) in [4.78, 5) is -0.0992. The first-order valence-electron chi connectivity index (χ1n) is 6.18. The van der Waals surface area contributed by atoms with E-state index in [-0.39, 0.29) is 22.1 Å². The number of sulfonamides is 1. The van der Waals surface area contributed by atoms with Crippen LogP contribution in [0.5, 0.6) is 0 Å². The summed E-state index contributed by atoms with van der Waals surface area (Å²) in [6.07, 6.45) is 0.903. The highest BCUT2D eigenvalue weighted by atomic mass is 35.5. The minimum Gasteiger partial charge on any atom is -0.394 e. The van der Waals surface area contributed by atoms with Crippen molar-refractivity contribution in [3.05, 3.63) is 28.8 Å². The van der Waals surface area contributed by atoms with Crippen LogP contribution >= 0.6 is 11.6 Å². The van der Waals surface area contributed by atoms with Gasteiger partial charge in [0.1, 0.15) is 4.90 Å². The number of aliphatic hydroxyl groups is 1. The Morgan fingerprint density at radius 1 is 1.40 bits per heavy atom. The molecule has 7 heteroatoms. The summed E-state index contributed by atoms with van der Waals surface area (Å²) < 4.78 is 27.2. The quantitative estimate of drug-likeness (QED) is 0.840. The minimum absolute atomic E-state index is 0.0180. The van der Waals surface area contributed by atoms with Gasteiger partial charge in [-0.1, -0.05) is 25.4 Å². The summed E-state index contributed by atoms with van der Waals surface area (Å²) >= 11 is 5.92. The molecule has 110 valence electrons. The largest absolute Gasteiger partial charge is 0.394 e. The lowest BCUT2D eigenvalue weighted by atomic mass is 9.96. The molecule has 1 aromatic carbocycles. The molecule has 20 heavy (non-hydrogen) atoms. The number of hydrogen-bond donors (Lipinski definition) is 2. The third-order valence-corrected chi connectivity index (χ3v) is 5.42. The zero-order chi connectivity index (χ0) is 15.4. The summed E-state index contributed by atoms with van der Waals surface area (Å²) in [6.45, 7) is 3.29. The molecule has 0 spiro atoms. The maximum atomic E-state index is 12.4. The van der Waals surface area contributed by atoms with Crippen LogP contribution in [0.4, 0.5) is 0 Å². The number of hydrogen-bond acceptors (Lipinski definition) is 4. The van der Waals surface area contributed by atoms with Crippen LogP contribution in [0.2, 0.25) is 5.02 Å². The van der Waals surface area contributed by atoms with Crippen LogP contribution in [0, 0.1) is 11.3 Å². The highest BCUT2D eigenvalue weighted by Crippen LogP contribution is 2.25. The Labute approximate surface area is 124 Å². The van der Waals surface area contributed by atoms with E-state index in [4.69, 9.17) is 16.9 Å². The van der Waals surface area contributed by atoms with Crippen molar-refractivity contribution in [3.8, 4) is 6.07 Å². The average Bonchev–Trinajstić information content (AvgIpc) is 2.44. The van der Waals surface area contributed by atoms with E-state index >= 15 is 0 Å². The molecule has 0 aliphatic heterocycles. The Morgan fingerprint density at radius 3 is 2.40 bits per heavy atom. The maximum Gasteiger partial charge on any atom is 0.242 e. The van der Waals surface area contributed by atoms with Gasteiger partial charge >= 0.3 is 0 Å². The van der Waals surface area contributed by atoms with Crippen molar-refractivity contribution in [3.63, 3.8) is 0 Å². The van der Waals surface area contributed by atoms with Gasteiger partial charge in [-0.2, -0.15) is 5.26 Å². The van der Waals surface area contributed by atoms with E-state index in [0.29, 0.717) is 12.8 Å². The first-order valence-corrected chi connectivity index (χ1v) is 8.04. The van der Waals surface area contributed by atoms with Gasteiger partial charge in [0, 0.05) is 0 Å². The second-order valence-corrected chi connectivity index (χ2v) is 6.57. The van der Waals surface area contributed by atoms with Crippen molar-refractivity contribution in [2.75, 3.05) is 6.61 Å². The van der Waals surface area contributed by atoms with Crippen molar-refractivity contribution in [2.24, 2.45) is 0 Å². The lowest BCUT2D eigenvalue weighted by Gasteiger charge is -2.30. The number of nitrogens with one attached hydrogen (secondary N) is 1. The molecule has 1 aromatic rings. The van der Waals surface area contributed by atoms with Crippen LogP contribution in [0.15, 0.2) is 23.1 Å². The van der Waals surface area contributed by atoms with E-state index in [1.165, 1.54) is 18.2 Å². The topological polar surface area (TPSA) is 90.2 Å². The van der Waals surface area contributed by atoms with E-state index in [1.807, 2.05) is 6.07 Å². The van der Waals surface area contributed by atoms with Crippen molar-refractivity contribution in [1.29, 1.82) is 5.26 Å². The molecule has 0 saturated carbocycles. The predicted octanol–water partition coefficient (Wildman–Crippen LogP) is 2.04. The lowest BCUT2D eigenvalue weighted by molar-refractivity contribution is 0.172. The van der Waals surface area contributed by atoms with Crippen molar-refractivity contribution in [1.82, 2.24) is 4.72 Å². The second-order valence-electron chi connectivity index (χ2n) is 4.51. The van der Waals surface area contributed by atoms with Gasteiger partial charge in [0.2, 0.25) is 10.0 Å². The number of nitrogens with zero attached hydrogens (tertiary/aromatic N) is 1. The van der Waals surface area contributed by atoms with Crippen LogP contribution in [-0.4, -0.2) is 25.7 Å². The molecule has 0 unspecified atom stereocenters. The van der Waals surface area contributed by atoms with E-state index in [2.05, 4.69) is 4.72 Å². The molecule has 0 heterocycles. The molecule has 0 aromatic heterocycles. The van der Waals surface area contributed by atoms with Crippen LogP contribution in [-0.2, 0) is 10.0 Å². The van der Waals surface area contributed by atoms with Crippen LogP contribution in [0.3, 0.4) is 0 Å². The van der Waals surface area contributed by atoms with Gasteiger partial charge in [-0.05, 0) is 31.0 Å². The fourth-order valence-electron chi connectivity index (χ4n) is 1.78. The SMILES string of the molecule is CCC(CC)(CO)NS(=O)(=O)c1ccc(C#N)cc1Cl. The molecule has 0 radical (unpaired) electrons. The number of nitriles is 1.